The van der Waals surface area contributed by atoms with Gasteiger partial charge in [-0.05, 0) is 32.7 Å². The van der Waals surface area contributed by atoms with Gasteiger partial charge in [-0.15, -0.1) is 0 Å². The highest BCUT2D eigenvalue weighted by Gasteiger charge is 2.40. The Hall–Kier alpha value is -1.10. The third-order valence-electron chi connectivity index (χ3n) is 3.13. The van der Waals surface area contributed by atoms with Crippen LogP contribution in [0.3, 0.4) is 0 Å². The van der Waals surface area contributed by atoms with Crippen LogP contribution in [-0.2, 0) is 9.59 Å². The maximum Gasteiger partial charge on any atom is 0.240 e. The second-order valence-electron chi connectivity index (χ2n) is 4.46. The summed E-state index contributed by atoms with van der Waals surface area (Å²) < 4.78 is 0. The van der Waals surface area contributed by atoms with E-state index < -0.39 is 17.5 Å². The van der Waals surface area contributed by atoms with Crippen molar-refractivity contribution >= 4 is 11.8 Å². The summed E-state index contributed by atoms with van der Waals surface area (Å²) in [6.45, 7) is 4.51. The average Bonchev–Trinajstić information content (AvgIpc) is 2.68. The van der Waals surface area contributed by atoms with Crippen LogP contribution < -0.4 is 16.4 Å². The van der Waals surface area contributed by atoms with Crippen LogP contribution in [-0.4, -0.2) is 29.9 Å². The predicted molar refractivity (Wildman–Crippen MR) is 61.7 cm³/mol. The first kappa shape index (κ1) is 13.0. The normalized spacial score (nSPS) is 26.4. The van der Waals surface area contributed by atoms with Crippen LogP contribution in [0.5, 0.6) is 0 Å². The van der Waals surface area contributed by atoms with Crippen molar-refractivity contribution in [3.05, 3.63) is 0 Å². The van der Waals surface area contributed by atoms with Crippen molar-refractivity contribution in [1.82, 2.24) is 10.6 Å². The van der Waals surface area contributed by atoms with E-state index in [0.717, 1.165) is 32.2 Å². The van der Waals surface area contributed by atoms with Gasteiger partial charge in [-0.3, -0.25) is 9.59 Å². The van der Waals surface area contributed by atoms with Gasteiger partial charge in [-0.1, -0.05) is 13.3 Å². The topological polar surface area (TPSA) is 84.2 Å². The zero-order valence-corrected chi connectivity index (χ0v) is 10.0. The zero-order valence-electron chi connectivity index (χ0n) is 10.0. The summed E-state index contributed by atoms with van der Waals surface area (Å²) in [5.74, 6) is -0.601. The Balaban J connectivity index is 2.65. The molecule has 0 aliphatic carbocycles. The van der Waals surface area contributed by atoms with E-state index >= 15 is 0 Å². The van der Waals surface area contributed by atoms with E-state index in [1.807, 2.05) is 6.92 Å². The van der Waals surface area contributed by atoms with Crippen LogP contribution in [0.1, 0.15) is 39.5 Å². The molecular formula is C11H21N3O2. The zero-order chi connectivity index (χ0) is 12.2. The largest absolute Gasteiger partial charge is 0.368 e. The minimum Gasteiger partial charge on any atom is -0.368 e. The smallest absolute Gasteiger partial charge is 0.240 e. The molecule has 2 unspecified atom stereocenters. The Morgan fingerprint density at radius 2 is 2.25 bits per heavy atom. The first-order valence-corrected chi connectivity index (χ1v) is 5.87. The van der Waals surface area contributed by atoms with Crippen LogP contribution >= 0.6 is 0 Å². The van der Waals surface area contributed by atoms with Gasteiger partial charge in [0.05, 0.1) is 5.54 Å². The highest BCUT2D eigenvalue weighted by Crippen LogP contribution is 2.24. The minimum absolute atomic E-state index is 0.0989. The second kappa shape index (κ2) is 5.30. The molecule has 4 N–H and O–H groups in total. The van der Waals surface area contributed by atoms with E-state index in [2.05, 4.69) is 10.6 Å². The lowest BCUT2D eigenvalue weighted by molar-refractivity contribution is -0.131. The number of primary amides is 1. The van der Waals surface area contributed by atoms with Crippen molar-refractivity contribution in [3.63, 3.8) is 0 Å². The molecule has 1 saturated heterocycles. The van der Waals surface area contributed by atoms with Crippen LogP contribution in [0, 0.1) is 0 Å². The van der Waals surface area contributed by atoms with Crippen LogP contribution in [0.25, 0.3) is 0 Å². The van der Waals surface area contributed by atoms with Crippen molar-refractivity contribution in [3.8, 4) is 0 Å². The van der Waals surface area contributed by atoms with Gasteiger partial charge in [0.25, 0.3) is 0 Å². The lowest BCUT2D eigenvalue weighted by Crippen LogP contribution is -2.57. The van der Waals surface area contributed by atoms with Crippen LogP contribution in [0.2, 0.25) is 0 Å². The molecule has 92 valence electrons. The van der Waals surface area contributed by atoms with Crippen molar-refractivity contribution in [2.75, 3.05) is 6.54 Å². The third kappa shape index (κ3) is 2.72. The Morgan fingerprint density at radius 1 is 1.56 bits per heavy atom. The number of carbonyl (C=O) groups is 2. The molecule has 2 atom stereocenters. The van der Waals surface area contributed by atoms with Gasteiger partial charge in [0.1, 0.15) is 6.04 Å². The summed E-state index contributed by atoms with van der Waals surface area (Å²) >= 11 is 0. The summed E-state index contributed by atoms with van der Waals surface area (Å²) in [7, 11) is 0. The van der Waals surface area contributed by atoms with Crippen LogP contribution in [0.4, 0.5) is 0 Å². The standard InChI is InChI=1S/C11H21N3O2/c1-3-5-11(6-4-7-13-11)10(16)14-8(2)9(12)15/h8,13H,3-7H2,1-2H3,(H2,12,15)(H,14,16). The van der Waals surface area contributed by atoms with Crippen molar-refractivity contribution in [1.29, 1.82) is 0 Å². The molecule has 16 heavy (non-hydrogen) atoms. The SMILES string of the molecule is CCCC1(C(=O)NC(C)C(N)=O)CCCN1. The Morgan fingerprint density at radius 3 is 2.69 bits per heavy atom. The fraction of sp³-hybridized carbons (Fsp3) is 0.818. The van der Waals surface area contributed by atoms with Gasteiger partial charge in [-0.25, -0.2) is 0 Å². The fourth-order valence-electron chi connectivity index (χ4n) is 2.16. The van der Waals surface area contributed by atoms with Gasteiger partial charge < -0.3 is 16.4 Å². The molecule has 2 amide bonds. The number of hydrogen-bond donors (Lipinski definition) is 3. The number of nitrogens with two attached hydrogens (primary N) is 1. The van der Waals surface area contributed by atoms with Gasteiger partial charge in [-0.2, -0.15) is 0 Å². The van der Waals surface area contributed by atoms with E-state index in [9.17, 15) is 9.59 Å². The minimum atomic E-state index is -0.608. The maximum atomic E-state index is 12.1. The first-order chi connectivity index (χ1) is 7.52. The third-order valence-corrected chi connectivity index (χ3v) is 3.13. The summed E-state index contributed by atoms with van der Waals surface area (Å²) in [6.07, 6.45) is 3.56. The number of carbonyl (C=O) groups excluding carboxylic acids is 2. The van der Waals surface area contributed by atoms with E-state index in [1.165, 1.54) is 0 Å². The molecule has 0 aromatic carbocycles. The quantitative estimate of drug-likeness (QED) is 0.613. The maximum absolute atomic E-state index is 12.1. The molecule has 1 rings (SSSR count). The molecule has 1 heterocycles. The van der Waals surface area contributed by atoms with Crippen molar-refractivity contribution in [2.24, 2.45) is 5.73 Å². The van der Waals surface area contributed by atoms with E-state index in [-0.39, 0.29) is 5.91 Å². The number of amides is 2. The Labute approximate surface area is 96.1 Å². The highest BCUT2D eigenvalue weighted by atomic mass is 16.2. The number of rotatable bonds is 5. The lowest BCUT2D eigenvalue weighted by atomic mass is 9.90. The number of hydrogen-bond acceptors (Lipinski definition) is 3. The molecule has 5 heteroatoms. The number of nitrogens with one attached hydrogen (secondary N) is 2. The molecule has 0 saturated carbocycles. The molecule has 0 aromatic rings. The van der Waals surface area contributed by atoms with Crippen molar-refractivity contribution < 1.29 is 9.59 Å². The van der Waals surface area contributed by atoms with Gasteiger partial charge in [0.2, 0.25) is 11.8 Å². The predicted octanol–water partition coefficient (Wildman–Crippen LogP) is -0.101. The Bertz CT molecular complexity index is 272. The van der Waals surface area contributed by atoms with Crippen molar-refractivity contribution in [2.45, 2.75) is 51.1 Å². The molecule has 1 fully saturated rings. The van der Waals surface area contributed by atoms with E-state index in [1.54, 1.807) is 6.92 Å². The van der Waals surface area contributed by atoms with E-state index in [4.69, 9.17) is 5.73 Å². The monoisotopic (exact) mass is 227 g/mol. The fourth-order valence-corrected chi connectivity index (χ4v) is 2.16. The molecule has 1 aliphatic rings. The summed E-state index contributed by atoms with van der Waals surface area (Å²) in [5.41, 5.74) is 4.64. The highest BCUT2D eigenvalue weighted by molar-refractivity contribution is 5.91. The molecule has 0 bridgehead atoms. The molecule has 0 radical (unpaired) electrons. The van der Waals surface area contributed by atoms with Crippen LogP contribution in [0.15, 0.2) is 0 Å². The molecule has 1 aliphatic heterocycles. The average molecular weight is 227 g/mol. The second-order valence-corrected chi connectivity index (χ2v) is 4.46. The van der Waals surface area contributed by atoms with Gasteiger partial charge in [0, 0.05) is 0 Å². The summed E-state index contributed by atoms with van der Waals surface area (Å²) in [4.78, 5) is 23.0. The molecule has 5 nitrogen and oxygen atoms in total. The molecule has 0 spiro atoms. The summed E-state index contributed by atoms with van der Waals surface area (Å²) in [5, 5.41) is 5.92. The van der Waals surface area contributed by atoms with Gasteiger partial charge >= 0.3 is 0 Å². The molecule has 0 aromatic heterocycles. The van der Waals surface area contributed by atoms with Gasteiger partial charge in [0.15, 0.2) is 0 Å². The lowest BCUT2D eigenvalue weighted by Gasteiger charge is -2.29. The summed E-state index contributed by atoms with van der Waals surface area (Å²) in [6, 6.07) is -0.608. The Kier molecular flexibility index (Phi) is 4.29. The first-order valence-electron chi connectivity index (χ1n) is 5.87. The van der Waals surface area contributed by atoms with E-state index in [0.29, 0.717) is 0 Å². The molecular weight excluding hydrogens is 206 g/mol.